The van der Waals surface area contributed by atoms with Gasteiger partial charge in [0.15, 0.2) is 15.6 Å². The molecule has 0 heterocycles. The van der Waals surface area contributed by atoms with E-state index < -0.39 is 127 Å². The average molecular weight is 926 g/mol. The van der Waals surface area contributed by atoms with Crippen molar-refractivity contribution in [1.82, 2.24) is 0 Å². The fourth-order valence-corrected chi connectivity index (χ4v) is 8.95. The third-order valence-corrected chi connectivity index (χ3v) is 13.0. The monoisotopic (exact) mass is 925 g/mol. The van der Waals surface area contributed by atoms with Crippen molar-refractivity contribution in [3.63, 3.8) is 0 Å². The second kappa shape index (κ2) is 17.0. The zero-order chi connectivity index (χ0) is 44.5. The molecular weight excluding hydrogens is 895 g/mol. The summed E-state index contributed by atoms with van der Waals surface area (Å²) in [5.74, 6) is -3.48. The fraction of sp³-hybridized carbons (Fsp3) is 0.200. The Balaban J connectivity index is 1.98. The molecule has 29 heteroatoms. The van der Waals surface area contributed by atoms with Crippen molar-refractivity contribution in [2.75, 3.05) is 46.5 Å². The molecule has 0 aliphatic rings. The van der Waals surface area contributed by atoms with Crippen molar-refractivity contribution in [2.45, 2.75) is 19.6 Å². The molecule has 0 spiro atoms. The number of sulfone groups is 2. The number of methoxy groups -OCH3 is 4. The summed E-state index contributed by atoms with van der Waals surface area (Å²) in [7, 11) is -19.8. The van der Waals surface area contributed by atoms with Gasteiger partial charge in [-0.1, -0.05) is 6.58 Å². The highest BCUT2D eigenvalue weighted by molar-refractivity contribution is 7.94. The smallest absolute Gasteiger partial charge is 0.397 e. The van der Waals surface area contributed by atoms with Crippen LogP contribution in [0.25, 0.3) is 10.8 Å². The number of aromatic hydroxyl groups is 1. The summed E-state index contributed by atoms with van der Waals surface area (Å²) in [6, 6.07) is 5.06. The van der Waals surface area contributed by atoms with Crippen LogP contribution in [0.4, 0.5) is 28.4 Å². The van der Waals surface area contributed by atoms with Crippen LogP contribution in [0, 0.1) is 0 Å². The van der Waals surface area contributed by atoms with E-state index in [1.165, 1.54) is 0 Å². The normalized spacial score (nSPS) is 12.9. The minimum atomic E-state index is -5.36. The van der Waals surface area contributed by atoms with Gasteiger partial charge in [0.05, 0.1) is 51.9 Å². The molecule has 0 fully saturated rings. The van der Waals surface area contributed by atoms with Crippen LogP contribution in [0.1, 0.15) is 0 Å². The Morgan fingerprint density at radius 3 is 1.51 bits per heavy atom. The standard InChI is InChI=1S/C30H31N5O19S5/c1-6-55(37,38)22-13-18(50-2)16(11-20(22)52-4)32-34-28-24(57(41,42)43)9-15-10-25(58(44,45)46)29(30(36)26(15)27(28)31)35-33-17-12-21(53-5)23(14-19(17)51-3)56(39,40)8-7-54-59(47,48)49/h6,9-14,36H,1,7-8,31H2,2-5H3,(H,41,42,43)(H,44,45,46)(H,47,48,49). The molecule has 4 aromatic rings. The van der Waals surface area contributed by atoms with Crippen LogP contribution in [-0.2, 0) is 54.5 Å². The molecule has 0 saturated carbocycles. The lowest BCUT2D eigenvalue weighted by molar-refractivity contribution is 0.283. The summed E-state index contributed by atoms with van der Waals surface area (Å²) >= 11 is 0. The van der Waals surface area contributed by atoms with E-state index in [4.69, 9.17) is 29.2 Å². The van der Waals surface area contributed by atoms with Crippen molar-refractivity contribution < 1.29 is 84.0 Å². The van der Waals surface area contributed by atoms with E-state index in [1.54, 1.807) is 0 Å². The van der Waals surface area contributed by atoms with Crippen LogP contribution in [0.15, 0.2) is 88.4 Å². The van der Waals surface area contributed by atoms with Gasteiger partial charge in [-0.3, -0.25) is 13.7 Å². The van der Waals surface area contributed by atoms with Crippen molar-refractivity contribution in [2.24, 2.45) is 20.5 Å². The predicted octanol–water partition coefficient (Wildman–Crippen LogP) is 4.00. The van der Waals surface area contributed by atoms with Gasteiger partial charge < -0.3 is 29.8 Å². The largest absolute Gasteiger partial charge is 0.505 e. The Morgan fingerprint density at radius 2 is 1.07 bits per heavy atom. The number of rotatable bonds is 17. The lowest BCUT2D eigenvalue weighted by atomic mass is 10.1. The SMILES string of the molecule is C=CS(=O)(=O)c1cc(OC)c(N=Nc2c(S(=O)(=O)O)cc3cc(S(=O)(=O)O)c(N=Nc4cc(OC)c(S(=O)(=O)CCOS(=O)(=O)O)cc4OC)c(O)c3c2N)cc1OC. The van der Waals surface area contributed by atoms with Gasteiger partial charge in [0.2, 0.25) is 9.84 Å². The van der Waals surface area contributed by atoms with Crippen LogP contribution in [0.3, 0.4) is 0 Å². The fourth-order valence-electron chi connectivity index (χ4n) is 5.09. The Hall–Kier alpha value is -5.53. The summed E-state index contributed by atoms with van der Waals surface area (Å²) in [5, 5.41) is 26.2. The first kappa shape index (κ1) is 46.2. The summed E-state index contributed by atoms with van der Waals surface area (Å²) in [6.07, 6.45) is 0. The molecule has 0 unspecified atom stereocenters. The topological polar surface area (TPSA) is 373 Å². The van der Waals surface area contributed by atoms with Gasteiger partial charge in [-0.25, -0.2) is 21.0 Å². The molecule has 59 heavy (non-hydrogen) atoms. The highest BCUT2D eigenvalue weighted by Crippen LogP contribution is 2.49. The second-order valence-corrected chi connectivity index (χ2v) is 19.1. The first-order chi connectivity index (χ1) is 27.2. The minimum Gasteiger partial charge on any atom is -0.505 e. The summed E-state index contributed by atoms with van der Waals surface area (Å²) in [4.78, 5) is -3.25. The Labute approximate surface area is 335 Å². The summed E-state index contributed by atoms with van der Waals surface area (Å²) in [5.41, 5.74) is 2.95. The maximum Gasteiger partial charge on any atom is 0.397 e. The molecule has 0 atom stereocenters. The number of nitrogens with zero attached hydrogens (tertiary/aromatic N) is 4. The van der Waals surface area contributed by atoms with Crippen LogP contribution < -0.4 is 24.7 Å². The maximum atomic E-state index is 13.0. The van der Waals surface area contributed by atoms with Crippen LogP contribution in [0.5, 0.6) is 28.7 Å². The van der Waals surface area contributed by atoms with Crippen LogP contribution >= 0.6 is 0 Å². The van der Waals surface area contributed by atoms with E-state index in [-0.39, 0.29) is 22.9 Å². The molecule has 0 aliphatic carbocycles. The van der Waals surface area contributed by atoms with Crippen molar-refractivity contribution in [1.29, 1.82) is 0 Å². The van der Waals surface area contributed by atoms with Crippen LogP contribution in [0.2, 0.25) is 0 Å². The lowest BCUT2D eigenvalue weighted by Gasteiger charge is -2.15. The average Bonchev–Trinajstić information content (AvgIpc) is 3.14. The van der Waals surface area contributed by atoms with E-state index in [2.05, 4.69) is 31.2 Å². The zero-order valence-corrected chi connectivity index (χ0v) is 34.6. The molecule has 4 rings (SSSR count). The van der Waals surface area contributed by atoms with E-state index in [0.29, 0.717) is 17.5 Å². The van der Waals surface area contributed by atoms with Gasteiger partial charge >= 0.3 is 10.4 Å². The number of phenols is 1. The molecule has 0 aromatic heterocycles. The summed E-state index contributed by atoms with van der Waals surface area (Å²) < 4.78 is 177. The minimum absolute atomic E-state index is 0.241. The third kappa shape index (κ3) is 10.0. The number of azo groups is 2. The Bertz CT molecular complexity index is 3010. The number of nitrogens with two attached hydrogens (primary N) is 1. The van der Waals surface area contributed by atoms with E-state index in [0.717, 1.165) is 52.7 Å². The molecule has 0 amide bonds. The van der Waals surface area contributed by atoms with Gasteiger partial charge in [-0.05, 0) is 17.5 Å². The van der Waals surface area contributed by atoms with Gasteiger partial charge in [0, 0.05) is 29.7 Å². The van der Waals surface area contributed by atoms with Gasteiger partial charge in [0.1, 0.15) is 65.3 Å². The number of ether oxygens (including phenoxy) is 4. The van der Waals surface area contributed by atoms with Crippen molar-refractivity contribution in [3.8, 4) is 28.7 Å². The molecule has 0 bridgehead atoms. The molecule has 0 radical (unpaired) electrons. The van der Waals surface area contributed by atoms with Crippen molar-refractivity contribution in [3.05, 3.63) is 48.4 Å². The zero-order valence-electron chi connectivity index (χ0n) is 30.5. The molecule has 0 aliphatic heterocycles. The van der Waals surface area contributed by atoms with Gasteiger partial charge in [-0.15, -0.1) is 20.5 Å². The predicted molar refractivity (Wildman–Crippen MR) is 204 cm³/mol. The number of phenolic OH excluding ortho intramolecular Hbond substituents is 1. The van der Waals surface area contributed by atoms with Crippen LogP contribution in [-0.4, -0.2) is 102 Å². The second-order valence-electron chi connectivity index (χ2n) is 11.3. The van der Waals surface area contributed by atoms with E-state index in [9.17, 15) is 56.3 Å². The highest BCUT2D eigenvalue weighted by Gasteiger charge is 2.29. The van der Waals surface area contributed by atoms with Gasteiger partial charge in [-0.2, -0.15) is 25.3 Å². The third-order valence-electron chi connectivity index (χ3n) is 7.76. The first-order valence-corrected chi connectivity index (χ1v) is 22.8. The molecule has 320 valence electrons. The van der Waals surface area contributed by atoms with Crippen molar-refractivity contribution >= 4 is 89.5 Å². The molecule has 4 aromatic carbocycles. The lowest BCUT2D eigenvalue weighted by Crippen LogP contribution is -2.16. The molecule has 6 N–H and O–H groups in total. The molecule has 0 saturated heterocycles. The summed E-state index contributed by atoms with van der Waals surface area (Å²) in [6.45, 7) is 2.25. The Morgan fingerprint density at radius 1 is 0.627 bits per heavy atom. The number of anilines is 1. The number of benzene rings is 4. The van der Waals surface area contributed by atoms with E-state index in [1.807, 2.05) is 0 Å². The van der Waals surface area contributed by atoms with Gasteiger partial charge in [0.25, 0.3) is 20.2 Å². The quantitative estimate of drug-likeness (QED) is 0.0567. The number of nitrogen functional groups attached to an aromatic ring is 1. The highest BCUT2D eigenvalue weighted by atomic mass is 32.3. The number of fused-ring (bicyclic) bond motifs is 1. The maximum absolute atomic E-state index is 13.0. The molecule has 24 nitrogen and oxygen atoms in total. The Kier molecular flexibility index (Phi) is 13.3. The first-order valence-electron chi connectivity index (χ1n) is 15.4. The molecular formula is C30H31N5O19S5. The number of hydrogen-bond donors (Lipinski definition) is 5. The van der Waals surface area contributed by atoms with E-state index >= 15 is 0 Å². The number of hydrogen-bond acceptors (Lipinski definition) is 21.